The van der Waals surface area contributed by atoms with Gasteiger partial charge in [-0.2, -0.15) is 0 Å². The lowest BCUT2D eigenvalue weighted by molar-refractivity contribution is 0.0222. The van der Waals surface area contributed by atoms with Crippen molar-refractivity contribution in [3.8, 4) is 57.1 Å². The summed E-state index contributed by atoms with van der Waals surface area (Å²) in [6.07, 6.45) is 0. The summed E-state index contributed by atoms with van der Waals surface area (Å²) in [5, 5.41) is 3.72. The number of benzene rings is 6. The molecule has 0 saturated carbocycles. The van der Waals surface area contributed by atoms with E-state index in [1.165, 1.54) is 0 Å². The predicted octanol–water partition coefficient (Wildman–Crippen LogP) is 8.25. The van der Waals surface area contributed by atoms with Crippen molar-refractivity contribution in [3.63, 3.8) is 0 Å². The first kappa shape index (κ1) is 52.2. The molecule has 8 rings (SSSR count). The Morgan fingerprint density at radius 2 is 0.431 bits per heavy atom. The molecule has 0 aliphatic carbocycles. The molecular formula is C56H66O16. The molecular weight excluding hydrogens is 929 g/mol. The average molecular weight is 995 g/mol. The van der Waals surface area contributed by atoms with E-state index in [0.717, 1.165) is 32.7 Å². The van der Waals surface area contributed by atoms with Crippen LogP contribution < -0.4 is 37.9 Å². The van der Waals surface area contributed by atoms with Gasteiger partial charge in [0.15, 0.2) is 46.0 Å². The van der Waals surface area contributed by atoms with Gasteiger partial charge in [-0.05, 0) is 57.9 Å². The highest BCUT2D eigenvalue weighted by Crippen LogP contribution is 2.52. The van der Waals surface area contributed by atoms with Crippen LogP contribution in [0.2, 0.25) is 0 Å². The first-order valence-electron chi connectivity index (χ1n) is 24.8. The van der Waals surface area contributed by atoms with Gasteiger partial charge in [0, 0.05) is 11.1 Å². The van der Waals surface area contributed by atoms with Crippen molar-refractivity contribution in [1.29, 1.82) is 0 Å². The van der Waals surface area contributed by atoms with Crippen LogP contribution in [0, 0.1) is 0 Å². The minimum absolute atomic E-state index is 0.211. The molecule has 2 heterocycles. The average Bonchev–Trinajstić information content (AvgIpc) is 3.40. The molecule has 0 bridgehead atoms. The van der Waals surface area contributed by atoms with Gasteiger partial charge in [0.05, 0.1) is 106 Å². The Bertz CT molecular complexity index is 2350. The minimum Gasteiger partial charge on any atom is -0.487 e. The van der Waals surface area contributed by atoms with Crippen LogP contribution in [0.3, 0.4) is 0 Å². The fourth-order valence-corrected chi connectivity index (χ4v) is 7.94. The Morgan fingerprint density at radius 1 is 0.208 bits per heavy atom. The van der Waals surface area contributed by atoms with Crippen molar-refractivity contribution in [2.24, 2.45) is 0 Å². The maximum Gasteiger partial charge on any atom is 0.169 e. The van der Waals surface area contributed by atoms with Gasteiger partial charge in [-0.3, -0.25) is 0 Å². The van der Waals surface area contributed by atoms with E-state index in [0.29, 0.717) is 165 Å². The van der Waals surface area contributed by atoms with Crippen LogP contribution in [-0.2, 0) is 37.9 Å². The number of fused-ring (bicyclic) bond motifs is 6. The van der Waals surface area contributed by atoms with Gasteiger partial charge < -0.3 is 75.8 Å². The van der Waals surface area contributed by atoms with E-state index in [-0.39, 0.29) is 39.6 Å². The third-order valence-electron chi connectivity index (χ3n) is 11.2. The van der Waals surface area contributed by atoms with Crippen LogP contribution in [0.1, 0.15) is 0 Å². The number of ether oxygens (including phenoxy) is 16. The summed E-state index contributed by atoms with van der Waals surface area (Å²) in [6, 6.07) is 35.4. The molecule has 16 heteroatoms. The highest BCUT2D eigenvalue weighted by atomic mass is 16.6. The van der Waals surface area contributed by atoms with Crippen molar-refractivity contribution < 1.29 is 75.8 Å². The van der Waals surface area contributed by atoms with Gasteiger partial charge in [-0.15, -0.1) is 0 Å². The van der Waals surface area contributed by atoms with Crippen LogP contribution in [0.5, 0.6) is 46.0 Å². The number of para-hydroxylation sites is 4. The van der Waals surface area contributed by atoms with Gasteiger partial charge in [0.25, 0.3) is 0 Å². The van der Waals surface area contributed by atoms with E-state index < -0.39 is 0 Å². The molecule has 0 spiro atoms. The van der Waals surface area contributed by atoms with Gasteiger partial charge in [-0.25, -0.2) is 0 Å². The lowest BCUT2D eigenvalue weighted by Crippen LogP contribution is -2.16. The molecule has 0 unspecified atom stereocenters. The summed E-state index contributed by atoms with van der Waals surface area (Å²) in [4.78, 5) is 0. The fourth-order valence-electron chi connectivity index (χ4n) is 7.94. The van der Waals surface area contributed by atoms with E-state index in [1.807, 2.05) is 84.9 Å². The lowest BCUT2D eigenvalue weighted by atomic mass is 9.91. The zero-order valence-corrected chi connectivity index (χ0v) is 40.9. The second-order valence-corrected chi connectivity index (χ2v) is 16.2. The summed E-state index contributed by atoms with van der Waals surface area (Å²) in [6.45, 7) is 8.08. The zero-order chi connectivity index (χ0) is 49.1. The second-order valence-electron chi connectivity index (χ2n) is 16.2. The third kappa shape index (κ3) is 16.0. The quantitative estimate of drug-likeness (QED) is 0.156. The van der Waals surface area contributed by atoms with E-state index in [4.69, 9.17) is 75.8 Å². The van der Waals surface area contributed by atoms with Crippen molar-refractivity contribution in [3.05, 3.63) is 109 Å². The van der Waals surface area contributed by atoms with Crippen molar-refractivity contribution >= 4 is 21.5 Å². The van der Waals surface area contributed by atoms with Crippen molar-refractivity contribution in [2.45, 2.75) is 0 Å². The molecule has 72 heavy (non-hydrogen) atoms. The molecule has 0 N–H and O–H groups in total. The largest absolute Gasteiger partial charge is 0.487 e. The normalized spacial score (nSPS) is 17.9. The molecule has 6 aromatic carbocycles. The molecule has 2 aliphatic heterocycles. The molecule has 386 valence electrons. The Hall–Kier alpha value is -6.08. The first-order chi connectivity index (χ1) is 35.8. The fraction of sp³-hybridized carbons (Fsp3) is 0.429. The number of hydrogen-bond donors (Lipinski definition) is 0. The monoisotopic (exact) mass is 994 g/mol. The lowest BCUT2D eigenvalue weighted by Gasteiger charge is -2.24. The van der Waals surface area contributed by atoms with E-state index in [1.54, 1.807) is 0 Å². The Labute approximate surface area is 421 Å². The van der Waals surface area contributed by atoms with Crippen LogP contribution in [-0.4, -0.2) is 159 Å². The van der Waals surface area contributed by atoms with Gasteiger partial charge >= 0.3 is 0 Å². The van der Waals surface area contributed by atoms with Crippen LogP contribution in [0.25, 0.3) is 32.7 Å². The Balaban J connectivity index is 1.04. The van der Waals surface area contributed by atoms with E-state index in [2.05, 4.69) is 24.3 Å². The second kappa shape index (κ2) is 30.1. The van der Waals surface area contributed by atoms with Gasteiger partial charge in [0.1, 0.15) is 52.9 Å². The van der Waals surface area contributed by atoms with Gasteiger partial charge in [-0.1, -0.05) is 72.8 Å². The smallest absolute Gasteiger partial charge is 0.169 e. The number of hydrogen-bond acceptors (Lipinski definition) is 16. The van der Waals surface area contributed by atoms with E-state index >= 15 is 0 Å². The minimum atomic E-state index is 0.211. The molecule has 0 amide bonds. The first-order valence-corrected chi connectivity index (χ1v) is 24.8. The summed E-state index contributed by atoms with van der Waals surface area (Å²) in [5.74, 6) is 4.69. The molecule has 0 radical (unpaired) electrons. The maximum atomic E-state index is 6.81. The van der Waals surface area contributed by atoms with E-state index in [9.17, 15) is 0 Å². The topological polar surface area (TPSA) is 148 Å². The maximum absolute atomic E-state index is 6.81. The van der Waals surface area contributed by atoms with Crippen LogP contribution in [0.15, 0.2) is 109 Å². The summed E-state index contributed by atoms with van der Waals surface area (Å²) in [7, 11) is 0. The highest BCUT2D eigenvalue weighted by molar-refractivity contribution is 6.11. The summed E-state index contributed by atoms with van der Waals surface area (Å²) < 4.78 is 97.9. The highest BCUT2D eigenvalue weighted by Gasteiger charge is 2.26. The predicted molar refractivity (Wildman–Crippen MR) is 270 cm³/mol. The summed E-state index contributed by atoms with van der Waals surface area (Å²) in [5.41, 5.74) is 1.54. The van der Waals surface area contributed by atoms with Crippen molar-refractivity contribution in [1.82, 2.24) is 0 Å². The van der Waals surface area contributed by atoms with Crippen LogP contribution >= 0.6 is 0 Å². The molecule has 6 aromatic rings. The third-order valence-corrected chi connectivity index (χ3v) is 11.2. The Kier molecular flexibility index (Phi) is 21.8. The molecule has 2 aliphatic rings. The molecule has 16 nitrogen and oxygen atoms in total. The number of rotatable bonds is 1. The van der Waals surface area contributed by atoms with Gasteiger partial charge in [0.2, 0.25) is 0 Å². The molecule has 0 fully saturated rings. The van der Waals surface area contributed by atoms with Crippen molar-refractivity contribution in [2.75, 3.05) is 159 Å². The summed E-state index contributed by atoms with van der Waals surface area (Å²) >= 11 is 0. The van der Waals surface area contributed by atoms with Crippen LogP contribution in [0.4, 0.5) is 0 Å². The molecule has 0 aromatic heterocycles. The standard InChI is InChI=1S/C56H66O16/c1-3-11-45-43(9-1)41-51-55(71-39-31-63-23-21-59-27-35-67-49-15-7-5-13-47(49)65-33-25-57-17-19-61-29-37-69-51)53(45)54-46-12-4-2-10-44(46)42-52-56(54)72-40-32-64-24-22-60-28-36-68-50-16-8-6-14-48(50)66-34-26-58-18-20-62-30-38-70-52/h1-16,41-42H,17-40H2. The Morgan fingerprint density at radius 3 is 0.722 bits per heavy atom. The zero-order valence-electron chi connectivity index (χ0n) is 40.9. The SMILES string of the molecule is c1ccc2c(c1)OCCOCCOCCOc1cc3ccccc3c(-c3c4c(cc5ccccc35)OCCOCCOCCOc3ccccc3OCCOCCOCCO4)c1OCCOCCOCCO2. The molecule has 0 saturated heterocycles. The molecule has 0 atom stereocenters.